The van der Waals surface area contributed by atoms with Crippen molar-refractivity contribution in [3.8, 4) is 0 Å². The Morgan fingerprint density at radius 2 is 2.00 bits per heavy atom. The van der Waals surface area contributed by atoms with Crippen molar-refractivity contribution in [1.82, 2.24) is 9.78 Å². The summed E-state index contributed by atoms with van der Waals surface area (Å²) in [5, 5.41) is 4.90. The van der Waals surface area contributed by atoms with E-state index in [1.807, 2.05) is 6.26 Å². The Morgan fingerprint density at radius 3 is 2.70 bits per heavy atom. The van der Waals surface area contributed by atoms with E-state index in [2.05, 4.69) is 10.1 Å². The Labute approximate surface area is 177 Å². The summed E-state index contributed by atoms with van der Waals surface area (Å²) in [6.45, 7) is -0.154. The van der Waals surface area contributed by atoms with Crippen LogP contribution in [-0.2, 0) is 17.5 Å². The molecule has 0 unspecified atom stereocenters. The molecule has 0 saturated heterocycles. The van der Waals surface area contributed by atoms with E-state index in [1.165, 1.54) is 28.2 Å². The fourth-order valence-corrected chi connectivity index (χ4v) is 4.48. The highest BCUT2D eigenvalue weighted by atomic mass is 32.2. The molecule has 0 saturated carbocycles. The fraction of sp³-hybridized carbons (Fsp3) is 0.150. The fourth-order valence-electron chi connectivity index (χ4n) is 3.06. The molecule has 4 nitrogen and oxygen atoms in total. The molecular formula is C20H13F4N3OS2. The maximum absolute atomic E-state index is 13.3. The second-order valence-corrected chi connectivity index (χ2v) is 8.50. The van der Waals surface area contributed by atoms with Gasteiger partial charge < -0.3 is 0 Å². The Hall–Kier alpha value is -2.59. The lowest BCUT2D eigenvalue weighted by molar-refractivity contribution is -0.138. The number of benzene rings is 2. The lowest BCUT2D eigenvalue weighted by Gasteiger charge is -2.13. The van der Waals surface area contributed by atoms with Gasteiger partial charge in [-0.25, -0.2) is 4.39 Å². The molecule has 3 aromatic rings. The first-order valence-corrected chi connectivity index (χ1v) is 10.7. The third-order valence-corrected chi connectivity index (χ3v) is 6.41. The second-order valence-electron chi connectivity index (χ2n) is 6.42. The van der Waals surface area contributed by atoms with Gasteiger partial charge in [0, 0.05) is 5.39 Å². The number of amides is 1. The van der Waals surface area contributed by atoms with Crippen molar-refractivity contribution in [2.45, 2.75) is 12.7 Å². The molecule has 1 aromatic heterocycles. The Kier molecular flexibility index (Phi) is 5.46. The third kappa shape index (κ3) is 4.15. The van der Waals surface area contributed by atoms with E-state index in [-0.39, 0.29) is 18.0 Å². The monoisotopic (exact) mass is 451 g/mol. The summed E-state index contributed by atoms with van der Waals surface area (Å²) in [7, 11) is 0. The van der Waals surface area contributed by atoms with Crippen LogP contribution in [0.15, 0.2) is 52.5 Å². The normalized spacial score (nSPS) is 16.0. The van der Waals surface area contributed by atoms with Crippen LogP contribution in [-0.4, -0.2) is 26.3 Å². The van der Waals surface area contributed by atoms with E-state index in [4.69, 9.17) is 0 Å². The lowest BCUT2D eigenvalue weighted by Crippen LogP contribution is -2.13. The zero-order valence-corrected chi connectivity index (χ0v) is 17.0. The molecule has 4 rings (SSSR count). The summed E-state index contributed by atoms with van der Waals surface area (Å²) in [4.78, 5) is 16.4. The summed E-state index contributed by atoms with van der Waals surface area (Å²) < 4.78 is 55.2. The van der Waals surface area contributed by atoms with Gasteiger partial charge in [0.25, 0.3) is 5.91 Å². The smallest absolute Gasteiger partial charge is 0.266 e. The highest BCUT2D eigenvalue weighted by Crippen LogP contribution is 2.34. The SMILES string of the molecule is CSC1=NC(=O)/C(=C/c2ccc3c(cnn3Cc3ccc(F)cc3C(F)(F)F)c2)S1. The number of hydrogen-bond acceptors (Lipinski definition) is 4. The average molecular weight is 451 g/mol. The molecule has 1 amide bonds. The van der Waals surface area contributed by atoms with E-state index >= 15 is 0 Å². The van der Waals surface area contributed by atoms with Crippen molar-refractivity contribution in [2.75, 3.05) is 6.26 Å². The quantitative estimate of drug-likeness (QED) is 0.386. The maximum atomic E-state index is 13.3. The topological polar surface area (TPSA) is 47.2 Å². The molecule has 0 N–H and O–H groups in total. The van der Waals surface area contributed by atoms with Gasteiger partial charge in [-0.1, -0.05) is 23.9 Å². The Balaban J connectivity index is 1.64. The molecule has 0 fully saturated rings. The van der Waals surface area contributed by atoms with E-state index in [9.17, 15) is 22.4 Å². The van der Waals surface area contributed by atoms with Crippen LogP contribution in [0.5, 0.6) is 0 Å². The molecule has 0 atom stereocenters. The minimum Gasteiger partial charge on any atom is -0.266 e. The molecule has 1 aliphatic rings. The molecule has 1 aliphatic heterocycles. The van der Waals surface area contributed by atoms with Crippen LogP contribution in [0.2, 0.25) is 0 Å². The number of alkyl halides is 3. The van der Waals surface area contributed by atoms with Gasteiger partial charge in [-0.2, -0.15) is 23.3 Å². The van der Waals surface area contributed by atoms with Crippen LogP contribution in [0.3, 0.4) is 0 Å². The van der Waals surface area contributed by atoms with Crippen molar-refractivity contribution in [3.63, 3.8) is 0 Å². The first kappa shape index (κ1) is 20.7. The predicted octanol–water partition coefficient (Wildman–Crippen LogP) is 5.58. The minimum atomic E-state index is -4.66. The number of hydrogen-bond donors (Lipinski definition) is 0. The summed E-state index contributed by atoms with van der Waals surface area (Å²) in [5.41, 5.74) is 0.290. The first-order valence-electron chi connectivity index (χ1n) is 8.62. The van der Waals surface area contributed by atoms with Crippen LogP contribution in [0.4, 0.5) is 17.6 Å². The van der Waals surface area contributed by atoms with E-state index < -0.39 is 17.6 Å². The van der Waals surface area contributed by atoms with Crippen LogP contribution in [0.1, 0.15) is 16.7 Å². The molecule has 0 aliphatic carbocycles. The molecule has 154 valence electrons. The van der Waals surface area contributed by atoms with Crippen molar-refractivity contribution in [3.05, 3.63) is 70.0 Å². The summed E-state index contributed by atoms with van der Waals surface area (Å²) >= 11 is 2.69. The molecular weight excluding hydrogens is 438 g/mol. The van der Waals surface area contributed by atoms with E-state index in [1.54, 1.807) is 30.5 Å². The summed E-state index contributed by atoms with van der Waals surface area (Å²) in [6.07, 6.45) is 0.441. The average Bonchev–Trinajstić information content (AvgIpc) is 3.25. The number of aromatic nitrogens is 2. The number of halogens is 4. The largest absolute Gasteiger partial charge is 0.416 e. The van der Waals surface area contributed by atoms with Crippen LogP contribution in [0, 0.1) is 5.82 Å². The Morgan fingerprint density at radius 1 is 1.20 bits per heavy atom. The Bertz CT molecular complexity index is 1210. The van der Waals surface area contributed by atoms with Gasteiger partial charge in [0.05, 0.1) is 28.7 Å². The predicted molar refractivity (Wildman–Crippen MR) is 112 cm³/mol. The minimum absolute atomic E-state index is 0.0743. The number of rotatable bonds is 3. The molecule has 10 heteroatoms. The van der Waals surface area contributed by atoms with E-state index in [0.29, 0.717) is 26.3 Å². The molecule has 30 heavy (non-hydrogen) atoms. The van der Waals surface area contributed by atoms with Gasteiger partial charge >= 0.3 is 6.18 Å². The number of nitrogens with zero attached hydrogens (tertiary/aromatic N) is 3. The molecule has 0 spiro atoms. The van der Waals surface area contributed by atoms with Crippen molar-refractivity contribution in [2.24, 2.45) is 4.99 Å². The van der Waals surface area contributed by atoms with Gasteiger partial charge in [-0.15, -0.1) is 11.8 Å². The zero-order chi connectivity index (χ0) is 21.5. The van der Waals surface area contributed by atoms with Crippen LogP contribution in [0.25, 0.3) is 17.0 Å². The number of aliphatic imine (C=N–C) groups is 1. The maximum Gasteiger partial charge on any atom is 0.416 e. The zero-order valence-electron chi connectivity index (χ0n) is 15.4. The molecule has 2 aromatic carbocycles. The molecule has 0 bridgehead atoms. The van der Waals surface area contributed by atoms with Crippen molar-refractivity contribution in [1.29, 1.82) is 0 Å². The summed E-state index contributed by atoms with van der Waals surface area (Å²) in [5.74, 6) is -1.24. The van der Waals surface area contributed by atoms with Crippen LogP contribution < -0.4 is 0 Å². The lowest BCUT2D eigenvalue weighted by atomic mass is 10.1. The summed E-state index contributed by atoms with van der Waals surface area (Å²) in [6, 6.07) is 7.90. The molecule has 0 radical (unpaired) electrons. The van der Waals surface area contributed by atoms with Gasteiger partial charge in [-0.3, -0.25) is 9.48 Å². The highest BCUT2D eigenvalue weighted by Gasteiger charge is 2.34. The van der Waals surface area contributed by atoms with Crippen LogP contribution >= 0.6 is 23.5 Å². The van der Waals surface area contributed by atoms with Gasteiger partial charge in [0.2, 0.25) is 0 Å². The number of thioether (sulfide) groups is 2. The van der Waals surface area contributed by atoms with Gasteiger partial charge in [0.1, 0.15) is 10.2 Å². The van der Waals surface area contributed by atoms with Gasteiger partial charge in [0.15, 0.2) is 0 Å². The molecule has 2 heterocycles. The highest BCUT2D eigenvalue weighted by molar-refractivity contribution is 8.40. The number of carbonyl (C=O) groups is 1. The van der Waals surface area contributed by atoms with Crippen molar-refractivity contribution >= 4 is 50.8 Å². The standard InChI is InChI=1S/C20H13F4N3OS2/c1-29-19-26-18(28)17(30-19)7-11-2-5-16-13(6-11)9-25-27(16)10-12-3-4-14(21)8-15(12)20(22,23)24/h2-9H,10H2,1H3/b17-7-. The van der Waals surface area contributed by atoms with Gasteiger partial charge in [-0.05, 0) is 47.7 Å². The van der Waals surface area contributed by atoms with Crippen molar-refractivity contribution < 1.29 is 22.4 Å². The first-order chi connectivity index (χ1) is 14.2. The third-order valence-electron chi connectivity index (χ3n) is 4.44. The van der Waals surface area contributed by atoms with E-state index in [0.717, 1.165) is 17.7 Å². The second kappa shape index (κ2) is 7.92. The number of carbonyl (C=O) groups excluding carboxylic acids is 1. The number of fused-ring (bicyclic) bond motifs is 1.